The van der Waals surface area contributed by atoms with Crippen LogP contribution in [0.15, 0.2) is 121 Å². The number of anilines is 3. The number of aromatic nitrogens is 2. The Balaban J connectivity index is 1.24. The number of nitrogens with one attached hydrogen (secondary N) is 2. The zero-order chi connectivity index (χ0) is 29.1. The first-order chi connectivity index (χ1) is 20.4. The number of benzene rings is 5. The van der Waals surface area contributed by atoms with Gasteiger partial charge in [-0.1, -0.05) is 83.9 Å². The number of hydrogen-bond acceptors (Lipinski definition) is 5. The van der Waals surface area contributed by atoms with E-state index in [1.165, 1.54) is 0 Å². The van der Waals surface area contributed by atoms with Crippen LogP contribution in [-0.4, -0.2) is 21.7 Å². The summed E-state index contributed by atoms with van der Waals surface area (Å²) in [7, 11) is 0. The highest BCUT2D eigenvalue weighted by Crippen LogP contribution is 2.29. The lowest BCUT2D eigenvalue weighted by atomic mass is 9.99. The van der Waals surface area contributed by atoms with E-state index < -0.39 is 0 Å². The number of aryl methyl sites for hydroxylation is 2. The van der Waals surface area contributed by atoms with Gasteiger partial charge in [-0.3, -0.25) is 9.59 Å². The molecule has 0 unspecified atom stereocenters. The summed E-state index contributed by atoms with van der Waals surface area (Å²) in [5.41, 5.74) is 7.45. The molecule has 0 aliphatic carbocycles. The van der Waals surface area contributed by atoms with Crippen molar-refractivity contribution in [1.82, 2.24) is 9.97 Å². The number of nitrogens with zero attached hydrogens (tertiary/aromatic N) is 2. The second-order valence-electron chi connectivity index (χ2n) is 10.2. The van der Waals surface area contributed by atoms with Crippen molar-refractivity contribution in [2.45, 2.75) is 13.8 Å². The minimum absolute atomic E-state index is 0.144. The van der Waals surface area contributed by atoms with Crippen LogP contribution >= 0.6 is 0 Å². The molecule has 1 amide bonds. The largest absolute Gasteiger partial charge is 0.324 e. The number of amides is 1. The van der Waals surface area contributed by atoms with Crippen molar-refractivity contribution >= 4 is 39.9 Å². The molecule has 0 aliphatic heterocycles. The SMILES string of the molecule is Cc1ccc(NC(=O)c2ccc(Nc3nc(-c4ccccc4)c4cc(C)ccc4n3)cc2)c(C(=O)c2ccccc2)c1. The van der Waals surface area contributed by atoms with Crippen molar-refractivity contribution in [3.8, 4) is 11.3 Å². The second-order valence-corrected chi connectivity index (χ2v) is 10.2. The maximum absolute atomic E-state index is 13.2. The molecule has 6 rings (SSSR count). The Bertz CT molecular complexity index is 1920. The summed E-state index contributed by atoms with van der Waals surface area (Å²) in [6.07, 6.45) is 0. The first-order valence-corrected chi connectivity index (χ1v) is 13.7. The highest BCUT2D eigenvalue weighted by molar-refractivity contribution is 6.15. The minimum atomic E-state index is -0.309. The van der Waals surface area contributed by atoms with Gasteiger partial charge in [-0.25, -0.2) is 9.97 Å². The lowest BCUT2D eigenvalue weighted by Gasteiger charge is -2.13. The fourth-order valence-electron chi connectivity index (χ4n) is 4.84. The van der Waals surface area contributed by atoms with Crippen LogP contribution < -0.4 is 10.6 Å². The quantitative estimate of drug-likeness (QED) is 0.197. The molecule has 0 saturated heterocycles. The predicted octanol–water partition coefficient (Wildman–Crippen LogP) is 8.14. The van der Waals surface area contributed by atoms with Gasteiger partial charge in [0.15, 0.2) is 5.78 Å². The standard InChI is InChI=1S/C36H28N4O2/c1-23-13-19-31-29(21-23)33(25-9-5-3-6-10-25)40-36(39-31)37-28-17-15-27(16-18-28)35(42)38-32-20-14-24(2)22-30(32)34(41)26-11-7-4-8-12-26/h3-22H,1-2H3,(H,38,42)(H,37,39,40). The summed E-state index contributed by atoms with van der Waals surface area (Å²) in [6.45, 7) is 3.97. The maximum atomic E-state index is 13.2. The normalized spacial score (nSPS) is 10.8. The molecule has 0 atom stereocenters. The molecule has 1 heterocycles. The average molecular weight is 549 g/mol. The fourth-order valence-corrected chi connectivity index (χ4v) is 4.84. The van der Waals surface area contributed by atoms with Gasteiger partial charge in [0, 0.05) is 33.3 Å². The molecule has 6 aromatic rings. The zero-order valence-electron chi connectivity index (χ0n) is 23.3. The Morgan fingerprint density at radius 3 is 2.05 bits per heavy atom. The van der Waals surface area contributed by atoms with Gasteiger partial charge in [-0.05, 0) is 62.4 Å². The number of fused-ring (bicyclic) bond motifs is 1. The van der Waals surface area contributed by atoms with Gasteiger partial charge in [-0.15, -0.1) is 0 Å². The molecule has 42 heavy (non-hydrogen) atoms. The molecule has 6 nitrogen and oxygen atoms in total. The molecule has 1 aromatic heterocycles. The average Bonchev–Trinajstić information content (AvgIpc) is 3.02. The second kappa shape index (κ2) is 11.5. The molecule has 0 bridgehead atoms. The highest BCUT2D eigenvalue weighted by Gasteiger charge is 2.17. The number of carbonyl (C=O) groups excluding carboxylic acids is 2. The topological polar surface area (TPSA) is 84.0 Å². The molecule has 5 aromatic carbocycles. The molecular weight excluding hydrogens is 520 g/mol. The van der Waals surface area contributed by atoms with Crippen LogP contribution in [0.1, 0.15) is 37.4 Å². The van der Waals surface area contributed by atoms with Crippen LogP contribution in [0.25, 0.3) is 22.2 Å². The maximum Gasteiger partial charge on any atom is 0.255 e. The van der Waals surface area contributed by atoms with E-state index in [0.29, 0.717) is 28.3 Å². The van der Waals surface area contributed by atoms with E-state index in [9.17, 15) is 9.59 Å². The van der Waals surface area contributed by atoms with Gasteiger partial charge in [0.05, 0.1) is 16.9 Å². The molecule has 204 valence electrons. The van der Waals surface area contributed by atoms with Gasteiger partial charge >= 0.3 is 0 Å². The Hall–Kier alpha value is -5.62. The summed E-state index contributed by atoms with van der Waals surface area (Å²) in [5.74, 6) is 0.0110. The monoisotopic (exact) mass is 548 g/mol. The number of rotatable bonds is 7. The lowest BCUT2D eigenvalue weighted by Crippen LogP contribution is -2.15. The first-order valence-electron chi connectivity index (χ1n) is 13.7. The van der Waals surface area contributed by atoms with E-state index in [4.69, 9.17) is 9.97 Å². The molecule has 0 saturated carbocycles. The van der Waals surface area contributed by atoms with Crippen molar-refractivity contribution < 1.29 is 9.59 Å². The number of hydrogen-bond donors (Lipinski definition) is 2. The van der Waals surface area contributed by atoms with Gasteiger partial charge in [0.1, 0.15) is 0 Å². The van der Waals surface area contributed by atoms with Crippen LogP contribution in [0.4, 0.5) is 17.3 Å². The van der Waals surface area contributed by atoms with Crippen LogP contribution in [0, 0.1) is 13.8 Å². The van der Waals surface area contributed by atoms with Crippen molar-refractivity contribution in [3.05, 3.63) is 149 Å². The lowest BCUT2D eigenvalue weighted by molar-refractivity contribution is 0.102. The number of carbonyl (C=O) groups is 2. The summed E-state index contributed by atoms with van der Waals surface area (Å²) in [5, 5.41) is 7.19. The van der Waals surface area contributed by atoms with Crippen molar-refractivity contribution in [3.63, 3.8) is 0 Å². The first kappa shape index (κ1) is 26.6. The number of ketones is 1. The molecular formula is C36H28N4O2. The van der Waals surface area contributed by atoms with E-state index in [1.54, 1.807) is 36.4 Å². The van der Waals surface area contributed by atoms with E-state index >= 15 is 0 Å². The Kier molecular flexibility index (Phi) is 7.26. The van der Waals surface area contributed by atoms with Crippen LogP contribution in [-0.2, 0) is 0 Å². The minimum Gasteiger partial charge on any atom is -0.324 e. The molecule has 0 aliphatic rings. The molecule has 0 spiro atoms. The fraction of sp³-hybridized carbons (Fsp3) is 0.0556. The van der Waals surface area contributed by atoms with Gasteiger partial charge in [-0.2, -0.15) is 0 Å². The van der Waals surface area contributed by atoms with Gasteiger partial charge in [0.25, 0.3) is 5.91 Å². The third kappa shape index (κ3) is 5.64. The molecule has 0 radical (unpaired) electrons. The van der Waals surface area contributed by atoms with Crippen molar-refractivity contribution in [2.75, 3.05) is 10.6 Å². The highest BCUT2D eigenvalue weighted by atomic mass is 16.1. The van der Waals surface area contributed by atoms with Crippen LogP contribution in [0.5, 0.6) is 0 Å². The summed E-state index contributed by atoms with van der Waals surface area (Å²) in [6, 6.07) is 37.7. The van der Waals surface area contributed by atoms with Crippen LogP contribution in [0.2, 0.25) is 0 Å². The summed E-state index contributed by atoms with van der Waals surface area (Å²) in [4.78, 5) is 36.0. The predicted molar refractivity (Wildman–Crippen MR) is 168 cm³/mol. The third-order valence-electron chi connectivity index (χ3n) is 7.01. The zero-order valence-corrected chi connectivity index (χ0v) is 23.3. The van der Waals surface area contributed by atoms with Crippen molar-refractivity contribution in [2.24, 2.45) is 0 Å². The molecule has 2 N–H and O–H groups in total. The van der Waals surface area contributed by atoms with Gasteiger partial charge < -0.3 is 10.6 Å². The summed E-state index contributed by atoms with van der Waals surface area (Å²) < 4.78 is 0. The van der Waals surface area contributed by atoms with E-state index in [0.717, 1.165) is 39.0 Å². The van der Waals surface area contributed by atoms with Crippen LogP contribution in [0.3, 0.4) is 0 Å². The van der Waals surface area contributed by atoms with Gasteiger partial charge in [0.2, 0.25) is 5.95 Å². The smallest absolute Gasteiger partial charge is 0.255 e. The van der Waals surface area contributed by atoms with E-state index in [2.05, 4.69) is 23.6 Å². The van der Waals surface area contributed by atoms with E-state index in [1.807, 2.05) is 85.8 Å². The third-order valence-corrected chi connectivity index (χ3v) is 7.01. The Morgan fingerprint density at radius 1 is 0.643 bits per heavy atom. The Morgan fingerprint density at radius 2 is 1.31 bits per heavy atom. The Labute approximate surface area is 244 Å². The van der Waals surface area contributed by atoms with E-state index in [-0.39, 0.29) is 11.7 Å². The van der Waals surface area contributed by atoms with Crippen molar-refractivity contribution in [1.29, 1.82) is 0 Å². The molecule has 0 fully saturated rings. The molecule has 6 heteroatoms. The summed E-state index contributed by atoms with van der Waals surface area (Å²) >= 11 is 0.